The summed E-state index contributed by atoms with van der Waals surface area (Å²) in [7, 11) is 0. The first-order chi connectivity index (χ1) is 14.1. The summed E-state index contributed by atoms with van der Waals surface area (Å²) in [5, 5.41) is 2.86. The summed E-state index contributed by atoms with van der Waals surface area (Å²) in [6, 6.07) is 11.8. The number of halogens is 2. The molecule has 6 nitrogen and oxygen atoms in total. The van der Waals surface area contributed by atoms with E-state index in [0.29, 0.717) is 35.8 Å². The van der Waals surface area contributed by atoms with Crippen molar-refractivity contribution in [3.8, 4) is 11.5 Å². The van der Waals surface area contributed by atoms with E-state index in [1.165, 1.54) is 6.07 Å². The minimum atomic E-state index is -0.942. The van der Waals surface area contributed by atoms with Crippen molar-refractivity contribution in [3.63, 3.8) is 0 Å². The fourth-order valence-corrected chi connectivity index (χ4v) is 3.80. The van der Waals surface area contributed by atoms with Gasteiger partial charge in [-0.2, -0.15) is 0 Å². The van der Waals surface area contributed by atoms with E-state index < -0.39 is 17.7 Å². The van der Waals surface area contributed by atoms with Crippen LogP contribution in [0.15, 0.2) is 54.7 Å². The molecule has 0 fully saturated rings. The average Bonchev–Trinajstić information content (AvgIpc) is 3.38. The lowest BCUT2D eigenvalue weighted by Gasteiger charge is -2.37. The van der Waals surface area contributed by atoms with Crippen molar-refractivity contribution in [3.05, 3.63) is 77.6 Å². The van der Waals surface area contributed by atoms with Crippen molar-refractivity contribution in [1.82, 2.24) is 9.47 Å². The molecule has 2 aliphatic rings. The summed E-state index contributed by atoms with van der Waals surface area (Å²) in [6.07, 6.45) is 1.91. The largest absolute Gasteiger partial charge is 0.454 e. The van der Waals surface area contributed by atoms with Crippen LogP contribution in [0.3, 0.4) is 0 Å². The molecule has 1 N–H and O–H groups in total. The Morgan fingerprint density at radius 3 is 2.72 bits per heavy atom. The van der Waals surface area contributed by atoms with Crippen LogP contribution in [-0.4, -0.2) is 28.8 Å². The number of anilines is 1. The highest BCUT2D eigenvalue weighted by molar-refractivity contribution is 5.90. The zero-order chi connectivity index (χ0) is 20.0. The third kappa shape index (κ3) is 3.06. The fourth-order valence-electron chi connectivity index (χ4n) is 3.80. The molecular weight excluding hydrogens is 380 g/mol. The van der Waals surface area contributed by atoms with Gasteiger partial charge in [-0.1, -0.05) is 6.07 Å². The fraction of sp³-hybridized carbons (Fsp3) is 0.190. The highest BCUT2D eigenvalue weighted by atomic mass is 19.2. The third-order valence-corrected chi connectivity index (χ3v) is 5.18. The predicted molar refractivity (Wildman–Crippen MR) is 101 cm³/mol. The number of amides is 2. The number of nitrogens with one attached hydrogen (secondary N) is 1. The molecule has 0 unspecified atom stereocenters. The number of hydrogen-bond donors (Lipinski definition) is 1. The van der Waals surface area contributed by atoms with E-state index >= 15 is 0 Å². The second-order valence-corrected chi connectivity index (χ2v) is 6.89. The summed E-state index contributed by atoms with van der Waals surface area (Å²) in [6.45, 7) is 1.17. The van der Waals surface area contributed by atoms with Gasteiger partial charge < -0.3 is 24.3 Å². The molecule has 2 amide bonds. The molecule has 0 saturated heterocycles. The van der Waals surface area contributed by atoms with Crippen molar-refractivity contribution in [2.75, 3.05) is 18.7 Å². The van der Waals surface area contributed by atoms with Crippen LogP contribution in [0.5, 0.6) is 11.5 Å². The first kappa shape index (κ1) is 17.5. The lowest BCUT2D eigenvalue weighted by Crippen LogP contribution is -2.44. The maximum absolute atomic E-state index is 13.9. The molecule has 5 rings (SSSR count). The van der Waals surface area contributed by atoms with E-state index in [1.54, 1.807) is 23.1 Å². The molecule has 0 spiro atoms. The SMILES string of the molecule is O=C(Nc1ccc2c(c1)OCO2)N1CCn2cccc2[C@@H]1c1ccc(F)c(F)c1. The van der Waals surface area contributed by atoms with Crippen molar-refractivity contribution in [1.29, 1.82) is 0 Å². The van der Waals surface area contributed by atoms with Gasteiger partial charge in [-0.05, 0) is 42.0 Å². The van der Waals surface area contributed by atoms with Crippen LogP contribution >= 0.6 is 0 Å². The number of carbonyl (C=O) groups excluding carboxylic acids is 1. The van der Waals surface area contributed by atoms with Gasteiger partial charge in [-0.25, -0.2) is 13.6 Å². The number of hydrogen-bond acceptors (Lipinski definition) is 3. The van der Waals surface area contributed by atoms with Gasteiger partial charge in [-0.15, -0.1) is 0 Å². The smallest absolute Gasteiger partial charge is 0.322 e. The Morgan fingerprint density at radius 1 is 1.00 bits per heavy atom. The van der Waals surface area contributed by atoms with Crippen LogP contribution in [0.25, 0.3) is 0 Å². The maximum atomic E-state index is 13.9. The Morgan fingerprint density at radius 2 is 1.86 bits per heavy atom. The van der Waals surface area contributed by atoms with Crippen LogP contribution in [0.4, 0.5) is 19.3 Å². The highest BCUT2D eigenvalue weighted by Gasteiger charge is 2.33. The van der Waals surface area contributed by atoms with Crippen LogP contribution in [0, 0.1) is 11.6 Å². The quantitative estimate of drug-likeness (QED) is 0.707. The topological polar surface area (TPSA) is 55.7 Å². The second-order valence-electron chi connectivity index (χ2n) is 6.89. The van der Waals surface area contributed by atoms with Crippen LogP contribution in [0.2, 0.25) is 0 Å². The minimum absolute atomic E-state index is 0.147. The molecule has 1 atom stereocenters. The summed E-state index contributed by atoms with van der Waals surface area (Å²) < 4.78 is 40.0. The number of carbonyl (C=O) groups is 1. The zero-order valence-electron chi connectivity index (χ0n) is 15.3. The lowest BCUT2D eigenvalue weighted by atomic mass is 10.00. The van der Waals surface area contributed by atoms with Crippen molar-refractivity contribution in [2.24, 2.45) is 0 Å². The normalized spacial score (nSPS) is 17.2. The molecule has 148 valence electrons. The number of nitrogens with zero attached hydrogens (tertiary/aromatic N) is 2. The number of benzene rings is 2. The summed E-state index contributed by atoms with van der Waals surface area (Å²) >= 11 is 0. The average molecular weight is 397 g/mol. The molecule has 2 aliphatic heterocycles. The molecule has 3 aromatic rings. The molecule has 0 saturated carbocycles. The number of fused-ring (bicyclic) bond motifs is 2. The Labute approximate surface area is 165 Å². The molecular formula is C21H17F2N3O3. The van der Waals surface area contributed by atoms with Crippen LogP contribution in [-0.2, 0) is 6.54 Å². The first-order valence-corrected chi connectivity index (χ1v) is 9.17. The summed E-state index contributed by atoms with van der Waals surface area (Å²) in [4.78, 5) is 14.7. The molecule has 0 aliphatic carbocycles. The van der Waals surface area contributed by atoms with Crippen molar-refractivity contribution < 1.29 is 23.0 Å². The Hall–Kier alpha value is -3.55. The van der Waals surface area contributed by atoms with Crippen molar-refractivity contribution >= 4 is 11.7 Å². The van der Waals surface area contributed by atoms with Crippen LogP contribution in [0.1, 0.15) is 17.3 Å². The van der Waals surface area contributed by atoms with Gasteiger partial charge in [0.2, 0.25) is 6.79 Å². The van der Waals surface area contributed by atoms with Gasteiger partial charge >= 0.3 is 6.03 Å². The van der Waals surface area contributed by atoms with E-state index in [4.69, 9.17) is 9.47 Å². The molecule has 3 heterocycles. The molecule has 29 heavy (non-hydrogen) atoms. The standard InChI is InChI=1S/C21H17F2N3O3/c22-15-5-3-13(10-16(15)23)20-17-2-1-7-25(17)8-9-26(20)21(27)24-14-4-6-18-19(11-14)29-12-28-18/h1-7,10-11,20H,8-9,12H2,(H,24,27)/t20-/m0/s1. The van der Waals surface area contributed by atoms with Crippen molar-refractivity contribution in [2.45, 2.75) is 12.6 Å². The van der Waals surface area contributed by atoms with Gasteiger partial charge in [-0.3, -0.25) is 0 Å². The molecule has 2 aromatic carbocycles. The van der Waals surface area contributed by atoms with Gasteiger partial charge in [0.25, 0.3) is 0 Å². The lowest BCUT2D eigenvalue weighted by molar-refractivity contribution is 0.174. The maximum Gasteiger partial charge on any atom is 0.322 e. The Bertz CT molecular complexity index is 1100. The van der Waals surface area contributed by atoms with Gasteiger partial charge in [0, 0.05) is 36.7 Å². The Balaban J connectivity index is 1.47. The summed E-state index contributed by atoms with van der Waals surface area (Å²) in [5.41, 5.74) is 1.90. The van der Waals surface area contributed by atoms with Crippen LogP contribution < -0.4 is 14.8 Å². The summed E-state index contributed by atoms with van der Waals surface area (Å²) in [5.74, 6) is -0.676. The molecule has 8 heteroatoms. The number of rotatable bonds is 2. The molecule has 0 radical (unpaired) electrons. The third-order valence-electron chi connectivity index (χ3n) is 5.18. The number of ether oxygens (including phenoxy) is 2. The number of urea groups is 1. The first-order valence-electron chi connectivity index (χ1n) is 9.17. The molecule has 1 aromatic heterocycles. The predicted octanol–water partition coefficient (Wildman–Crippen LogP) is 4.13. The van der Waals surface area contributed by atoms with E-state index in [9.17, 15) is 13.6 Å². The van der Waals surface area contributed by atoms with E-state index in [0.717, 1.165) is 17.8 Å². The van der Waals surface area contributed by atoms with E-state index in [1.807, 2.05) is 22.9 Å². The highest BCUT2D eigenvalue weighted by Crippen LogP contribution is 2.36. The molecule has 0 bridgehead atoms. The van der Waals surface area contributed by atoms with Gasteiger partial charge in [0.1, 0.15) is 0 Å². The minimum Gasteiger partial charge on any atom is -0.454 e. The number of aromatic nitrogens is 1. The second kappa shape index (κ2) is 6.80. The van der Waals surface area contributed by atoms with E-state index in [2.05, 4.69) is 5.32 Å². The monoisotopic (exact) mass is 397 g/mol. The zero-order valence-corrected chi connectivity index (χ0v) is 15.3. The van der Waals surface area contributed by atoms with Gasteiger partial charge in [0.05, 0.1) is 6.04 Å². The Kier molecular flexibility index (Phi) is 4.12. The van der Waals surface area contributed by atoms with Gasteiger partial charge in [0.15, 0.2) is 23.1 Å². The van der Waals surface area contributed by atoms with E-state index in [-0.39, 0.29) is 12.8 Å².